The van der Waals surface area contributed by atoms with Crippen molar-refractivity contribution in [1.29, 1.82) is 0 Å². The third kappa shape index (κ3) is 4.32. The van der Waals surface area contributed by atoms with Gasteiger partial charge in [0.05, 0.1) is 18.8 Å². The van der Waals surface area contributed by atoms with E-state index in [9.17, 15) is 0 Å². The Morgan fingerprint density at radius 2 is 1.83 bits per heavy atom. The summed E-state index contributed by atoms with van der Waals surface area (Å²) in [7, 11) is 1.79. The number of piperidine rings is 1. The highest BCUT2D eigenvalue weighted by molar-refractivity contribution is 5.14. The summed E-state index contributed by atoms with van der Waals surface area (Å²) in [6, 6.07) is 11.3. The van der Waals surface area contributed by atoms with Crippen LogP contribution in [0.5, 0.6) is 0 Å². The van der Waals surface area contributed by atoms with Crippen LogP contribution in [0.2, 0.25) is 0 Å². The number of fused-ring (bicyclic) bond motifs is 2. The molecule has 2 unspecified atom stereocenters. The van der Waals surface area contributed by atoms with E-state index >= 15 is 0 Å². The van der Waals surface area contributed by atoms with Gasteiger partial charge in [-0.15, -0.1) is 0 Å². The quantitative estimate of drug-likeness (QED) is 0.871. The van der Waals surface area contributed by atoms with Crippen LogP contribution < -0.4 is 5.32 Å². The third-order valence-electron chi connectivity index (χ3n) is 5.23. The minimum Gasteiger partial charge on any atom is -0.381 e. The van der Waals surface area contributed by atoms with Crippen molar-refractivity contribution in [3.05, 3.63) is 35.9 Å². The average Bonchev–Trinajstić information content (AvgIpc) is 2.54. The first-order valence-electron chi connectivity index (χ1n) is 8.70. The standard InChI is InChI=1S/C19H30N2O2/c1-19(2,22-3)14-20-18-16-10-21(11-17(18)13-23-12-16)9-15-7-5-4-6-8-15/h4-8,16-18,20H,9-14H2,1-3H3. The summed E-state index contributed by atoms with van der Waals surface area (Å²) in [4.78, 5) is 2.59. The van der Waals surface area contributed by atoms with Crippen molar-refractivity contribution in [1.82, 2.24) is 10.2 Å². The Labute approximate surface area is 140 Å². The molecule has 4 nitrogen and oxygen atoms in total. The third-order valence-corrected chi connectivity index (χ3v) is 5.23. The smallest absolute Gasteiger partial charge is 0.0746 e. The number of hydrogen-bond acceptors (Lipinski definition) is 4. The second-order valence-electron chi connectivity index (χ2n) is 7.61. The summed E-state index contributed by atoms with van der Waals surface area (Å²) < 4.78 is 11.4. The zero-order valence-electron chi connectivity index (χ0n) is 14.6. The van der Waals surface area contributed by atoms with Gasteiger partial charge in [-0.2, -0.15) is 0 Å². The van der Waals surface area contributed by atoms with Crippen molar-refractivity contribution >= 4 is 0 Å². The molecule has 0 aliphatic carbocycles. The molecule has 1 aromatic carbocycles. The van der Waals surface area contributed by atoms with Gasteiger partial charge in [-0.25, -0.2) is 0 Å². The molecule has 2 saturated heterocycles. The molecule has 0 saturated carbocycles. The Morgan fingerprint density at radius 1 is 1.17 bits per heavy atom. The summed E-state index contributed by atoms with van der Waals surface area (Å²) in [5.41, 5.74) is 1.29. The van der Waals surface area contributed by atoms with Crippen LogP contribution in [-0.2, 0) is 16.0 Å². The van der Waals surface area contributed by atoms with E-state index in [1.807, 2.05) is 0 Å². The summed E-state index contributed by atoms with van der Waals surface area (Å²) in [6.07, 6.45) is 0. The zero-order valence-corrected chi connectivity index (χ0v) is 14.6. The summed E-state index contributed by atoms with van der Waals surface area (Å²) in [5, 5.41) is 3.77. The van der Waals surface area contributed by atoms with Gasteiger partial charge in [0, 0.05) is 51.2 Å². The Bertz CT molecular complexity index is 477. The molecule has 0 aromatic heterocycles. The number of benzene rings is 1. The fourth-order valence-electron chi connectivity index (χ4n) is 3.77. The predicted octanol–water partition coefficient (Wildman–Crippen LogP) is 2.15. The molecular weight excluding hydrogens is 288 g/mol. The fourth-order valence-corrected chi connectivity index (χ4v) is 3.77. The van der Waals surface area contributed by atoms with Gasteiger partial charge < -0.3 is 14.8 Å². The van der Waals surface area contributed by atoms with E-state index in [1.165, 1.54) is 5.56 Å². The molecule has 0 amide bonds. The molecule has 2 bridgehead atoms. The van der Waals surface area contributed by atoms with Crippen LogP contribution in [0.15, 0.2) is 30.3 Å². The van der Waals surface area contributed by atoms with E-state index in [4.69, 9.17) is 9.47 Å². The molecule has 2 fully saturated rings. The first kappa shape index (κ1) is 16.9. The Hall–Kier alpha value is -0.940. The predicted molar refractivity (Wildman–Crippen MR) is 92.4 cm³/mol. The highest BCUT2D eigenvalue weighted by Crippen LogP contribution is 2.29. The molecule has 1 N–H and O–H groups in total. The van der Waals surface area contributed by atoms with Gasteiger partial charge in [-0.1, -0.05) is 30.3 Å². The molecule has 0 radical (unpaired) electrons. The highest BCUT2D eigenvalue weighted by Gasteiger charge is 2.40. The van der Waals surface area contributed by atoms with Crippen molar-refractivity contribution in [2.45, 2.75) is 32.0 Å². The average molecular weight is 318 g/mol. The lowest BCUT2D eigenvalue weighted by Gasteiger charge is -2.48. The first-order valence-corrected chi connectivity index (χ1v) is 8.70. The Balaban J connectivity index is 1.59. The number of nitrogens with zero attached hydrogens (tertiary/aromatic N) is 1. The normalized spacial score (nSPS) is 28.7. The molecule has 3 rings (SSSR count). The van der Waals surface area contributed by atoms with Crippen molar-refractivity contribution in [3.63, 3.8) is 0 Å². The summed E-state index contributed by atoms with van der Waals surface area (Å²) in [6.45, 7) is 10.2. The van der Waals surface area contributed by atoms with Crippen molar-refractivity contribution in [2.24, 2.45) is 11.8 Å². The number of ether oxygens (including phenoxy) is 2. The minimum absolute atomic E-state index is 0.115. The van der Waals surface area contributed by atoms with Gasteiger partial charge in [-0.3, -0.25) is 4.90 Å². The van der Waals surface area contributed by atoms with Crippen molar-refractivity contribution in [3.8, 4) is 0 Å². The topological polar surface area (TPSA) is 33.7 Å². The number of methoxy groups -OCH3 is 1. The number of rotatable bonds is 6. The van der Waals surface area contributed by atoms with Crippen LogP contribution >= 0.6 is 0 Å². The largest absolute Gasteiger partial charge is 0.381 e. The maximum Gasteiger partial charge on any atom is 0.0746 e. The van der Waals surface area contributed by atoms with E-state index in [0.717, 1.165) is 39.4 Å². The lowest BCUT2D eigenvalue weighted by Crippen LogP contribution is -2.61. The fraction of sp³-hybridized carbons (Fsp3) is 0.684. The van der Waals surface area contributed by atoms with Gasteiger partial charge in [0.25, 0.3) is 0 Å². The molecule has 2 aliphatic heterocycles. The SMILES string of the molecule is COC(C)(C)CNC1C2COCC1CN(Cc1ccccc1)C2. The molecule has 2 atom stereocenters. The number of nitrogens with one attached hydrogen (secondary N) is 1. The lowest BCUT2D eigenvalue weighted by atomic mass is 9.82. The van der Waals surface area contributed by atoms with E-state index in [-0.39, 0.29) is 5.60 Å². The van der Waals surface area contributed by atoms with Gasteiger partial charge in [0.2, 0.25) is 0 Å². The van der Waals surface area contributed by atoms with E-state index < -0.39 is 0 Å². The van der Waals surface area contributed by atoms with Crippen LogP contribution in [-0.4, -0.2) is 56.5 Å². The molecule has 1 aromatic rings. The van der Waals surface area contributed by atoms with Gasteiger partial charge in [-0.05, 0) is 19.4 Å². The molecule has 128 valence electrons. The van der Waals surface area contributed by atoms with Crippen molar-refractivity contribution < 1.29 is 9.47 Å². The maximum absolute atomic E-state index is 5.83. The van der Waals surface area contributed by atoms with E-state index in [2.05, 4.69) is 54.4 Å². The molecule has 0 spiro atoms. The molecule has 2 heterocycles. The monoisotopic (exact) mass is 318 g/mol. The molecule has 2 aliphatic rings. The van der Waals surface area contributed by atoms with Gasteiger partial charge in [0.1, 0.15) is 0 Å². The van der Waals surface area contributed by atoms with Gasteiger partial charge in [0.15, 0.2) is 0 Å². The maximum atomic E-state index is 5.83. The molecule has 4 heteroatoms. The lowest BCUT2D eigenvalue weighted by molar-refractivity contribution is -0.0729. The number of hydrogen-bond donors (Lipinski definition) is 1. The summed E-state index contributed by atoms with van der Waals surface area (Å²) >= 11 is 0. The zero-order chi connectivity index (χ0) is 16.3. The molecular formula is C19H30N2O2. The Kier molecular flexibility index (Phi) is 5.37. The second-order valence-corrected chi connectivity index (χ2v) is 7.61. The van der Waals surface area contributed by atoms with E-state index in [1.54, 1.807) is 7.11 Å². The minimum atomic E-state index is -0.115. The first-order chi connectivity index (χ1) is 11.1. The second kappa shape index (κ2) is 7.31. The Morgan fingerprint density at radius 3 is 2.43 bits per heavy atom. The van der Waals surface area contributed by atoms with Crippen LogP contribution in [0.1, 0.15) is 19.4 Å². The number of likely N-dealkylation sites (tertiary alicyclic amines) is 1. The van der Waals surface area contributed by atoms with Gasteiger partial charge >= 0.3 is 0 Å². The molecule has 23 heavy (non-hydrogen) atoms. The van der Waals surface area contributed by atoms with Crippen LogP contribution in [0.3, 0.4) is 0 Å². The van der Waals surface area contributed by atoms with Crippen molar-refractivity contribution in [2.75, 3.05) is 40.0 Å². The van der Waals surface area contributed by atoms with Crippen LogP contribution in [0, 0.1) is 11.8 Å². The van der Waals surface area contributed by atoms with Crippen LogP contribution in [0.25, 0.3) is 0 Å². The van der Waals surface area contributed by atoms with Crippen LogP contribution in [0.4, 0.5) is 0 Å². The van der Waals surface area contributed by atoms with E-state index in [0.29, 0.717) is 17.9 Å². The highest BCUT2D eigenvalue weighted by atomic mass is 16.5. The summed E-state index contributed by atoms with van der Waals surface area (Å²) in [5.74, 6) is 1.14.